The van der Waals surface area contributed by atoms with Crippen molar-refractivity contribution in [2.45, 2.75) is 25.4 Å². The molecule has 0 spiro atoms. The second-order valence-electron chi connectivity index (χ2n) is 6.24. The van der Waals surface area contributed by atoms with E-state index >= 15 is 0 Å². The normalized spacial score (nSPS) is 22.3. The summed E-state index contributed by atoms with van der Waals surface area (Å²) in [6.45, 7) is 0.700. The van der Waals surface area contributed by atoms with Crippen LogP contribution in [0.2, 0.25) is 0 Å². The van der Waals surface area contributed by atoms with E-state index in [1.165, 1.54) is 0 Å². The molecule has 0 bridgehead atoms. The number of nitrogens with zero attached hydrogens (tertiary/aromatic N) is 2. The summed E-state index contributed by atoms with van der Waals surface area (Å²) in [4.78, 5) is 18.2. The second kappa shape index (κ2) is 6.37. The summed E-state index contributed by atoms with van der Waals surface area (Å²) < 4.78 is 5.53. The number of fused-ring (bicyclic) bond motifs is 1. The van der Waals surface area contributed by atoms with E-state index < -0.39 is 0 Å². The Hall–Kier alpha value is -2.80. The van der Waals surface area contributed by atoms with Gasteiger partial charge in [-0.1, -0.05) is 30.0 Å². The van der Waals surface area contributed by atoms with Crippen LogP contribution in [-0.4, -0.2) is 23.7 Å². The third-order valence-corrected chi connectivity index (χ3v) is 4.63. The standard InChI is InChI=1S/C20H18N2O2/c23-20-22(14-17-7-4-8-18(17)24-20)19-12-11-16(13-21-19)10-9-15-5-2-1-3-6-15/h1-3,5-6,11-13,17-18H,4,7-8,14H2/t17-,18-/m0/s1. The number of hydrogen-bond donors (Lipinski definition) is 0. The van der Waals surface area contributed by atoms with Crippen molar-refractivity contribution in [3.63, 3.8) is 0 Å². The number of carbonyl (C=O) groups excluding carboxylic acids is 1. The molecule has 4 rings (SSSR count). The SMILES string of the molecule is O=C1O[C@H]2CCC[C@H]2CN1c1ccc(C#Cc2ccccc2)cn1. The zero-order valence-electron chi connectivity index (χ0n) is 13.3. The molecule has 24 heavy (non-hydrogen) atoms. The van der Waals surface area contributed by atoms with Gasteiger partial charge in [0, 0.05) is 29.8 Å². The predicted octanol–water partition coefficient (Wildman–Crippen LogP) is 3.61. The molecule has 1 saturated heterocycles. The number of hydrogen-bond acceptors (Lipinski definition) is 3. The molecular weight excluding hydrogens is 300 g/mol. The highest BCUT2D eigenvalue weighted by Gasteiger charge is 2.39. The Kier molecular flexibility index (Phi) is 3.92. The zero-order valence-corrected chi connectivity index (χ0v) is 13.3. The molecule has 0 unspecified atom stereocenters. The minimum Gasteiger partial charge on any atom is -0.445 e. The maximum absolute atomic E-state index is 12.2. The minimum absolute atomic E-state index is 0.102. The topological polar surface area (TPSA) is 42.4 Å². The van der Waals surface area contributed by atoms with E-state index in [0.29, 0.717) is 18.3 Å². The summed E-state index contributed by atoms with van der Waals surface area (Å²) in [6, 6.07) is 13.6. The van der Waals surface area contributed by atoms with Crippen LogP contribution in [0.1, 0.15) is 30.4 Å². The number of benzene rings is 1. The van der Waals surface area contributed by atoms with E-state index in [1.807, 2.05) is 42.5 Å². The number of amides is 1. The first-order chi connectivity index (χ1) is 11.8. The van der Waals surface area contributed by atoms with Gasteiger partial charge in [-0.25, -0.2) is 9.78 Å². The monoisotopic (exact) mass is 318 g/mol. The van der Waals surface area contributed by atoms with Gasteiger partial charge >= 0.3 is 6.09 Å². The van der Waals surface area contributed by atoms with Crippen LogP contribution in [0.4, 0.5) is 10.6 Å². The molecule has 1 aromatic carbocycles. The molecule has 2 aliphatic rings. The molecule has 0 N–H and O–H groups in total. The number of aromatic nitrogens is 1. The van der Waals surface area contributed by atoms with Crippen molar-refractivity contribution >= 4 is 11.9 Å². The van der Waals surface area contributed by atoms with Crippen LogP contribution < -0.4 is 4.90 Å². The number of anilines is 1. The minimum atomic E-state index is -0.284. The van der Waals surface area contributed by atoms with E-state index in [2.05, 4.69) is 16.8 Å². The maximum atomic E-state index is 12.2. The lowest BCUT2D eigenvalue weighted by molar-refractivity contribution is 0.0633. The van der Waals surface area contributed by atoms with Crippen molar-refractivity contribution in [1.29, 1.82) is 0 Å². The molecular formula is C20H18N2O2. The zero-order chi connectivity index (χ0) is 16.4. The van der Waals surface area contributed by atoms with Gasteiger partial charge in [0.05, 0.1) is 0 Å². The van der Waals surface area contributed by atoms with Crippen LogP contribution in [0.5, 0.6) is 0 Å². The van der Waals surface area contributed by atoms with Gasteiger partial charge in [0.15, 0.2) is 0 Å². The van der Waals surface area contributed by atoms with Crippen molar-refractivity contribution in [1.82, 2.24) is 4.98 Å². The van der Waals surface area contributed by atoms with Crippen LogP contribution in [0.15, 0.2) is 48.7 Å². The molecule has 1 aromatic heterocycles. The van der Waals surface area contributed by atoms with Gasteiger partial charge in [-0.2, -0.15) is 0 Å². The summed E-state index contributed by atoms with van der Waals surface area (Å²) >= 11 is 0. The molecule has 2 heterocycles. The van der Waals surface area contributed by atoms with Crippen LogP contribution in [-0.2, 0) is 4.74 Å². The van der Waals surface area contributed by atoms with Crippen molar-refractivity contribution in [2.24, 2.45) is 5.92 Å². The Bertz CT molecular complexity index is 790. The van der Waals surface area contributed by atoms with Crippen molar-refractivity contribution in [2.75, 3.05) is 11.4 Å². The number of pyridine rings is 1. The molecule has 1 aliphatic carbocycles. The highest BCUT2D eigenvalue weighted by molar-refractivity contribution is 5.87. The van der Waals surface area contributed by atoms with E-state index in [-0.39, 0.29) is 12.2 Å². The molecule has 120 valence electrons. The predicted molar refractivity (Wildman–Crippen MR) is 91.6 cm³/mol. The number of carbonyl (C=O) groups is 1. The summed E-state index contributed by atoms with van der Waals surface area (Å²) in [6.07, 6.45) is 4.77. The maximum Gasteiger partial charge on any atom is 0.415 e. The first-order valence-corrected chi connectivity index (χ1v) is 8.31. The molecule has 1 amide bonds. The summed E-state index contributed by atoms with van der Waals surface area (Å²) in [5.74, 6) is 7.26. The van der Waals surface area contributed by atoms with Gasteiger partial charge in [-0.15, -0.1) is 0 Å². The van der Waals surface area contributed by atoms with Gasteiger partial charge < -0.3 is 4.74 Å². The molecule has 4 heteroatoms. The van der Waals surface area contributed by atoms with E-state index in [9.17, 15) is 4.79 Å². The summed E-state index contributed by atoms with van der Waals surface area (Å²) in [5.41, 5.74) is 1.79. The van der Waals surface area contributed by atoms with Gasteiger partial charge in [0.1, 0.15) is 11.9 Å². The lowest BCUT2D eigenvalue weighted by atomic mass is 10.0. The van der Waals surface area contributed by atoms with E-state index in [0.717, 1.165) is 30.4 Å². The van der Waals surface area contributed by atoms with E-state index in [4.69, 9.17) is 4.74 Å². The smallest absolute Gasteiger partial charge is 0.415 e. The van der Waals surface area contributed by atoms with Gasteiger partial charge in [0.2, 0.25) is 0 Å². The fraction of sp³-hybridized carbons (Fsp3) is 0.300. The van der Waals surface area contributed by atoms with Gasteiger partial charge in [-0.05, 0) is 43.5 Å². The Morgan fingerprint density at radius 1 is 1.04 bits per heavy atom. The Morgan fingerprint density at radius 2 is 1.88 bits per heavy atom. The highest BCUT2D eigenvalue weighted by Crippen LogP contribution is 2.34. The molecule has 1 saturated carbocycles. The van der Waals surface area contributed by atoms with Gasteiger partial charge in [0.25, 0.3) is 0 Å². The second-order valence-corrected chi connectivity index (χ2v) is 6.24. The lowest BCUT2D eigenvalue weighted by Crippen LogP contribution is -2.46. The molecule has 4 nitrogen and oxygen atoms in total. The fourth-order valence-corrected chi connectivity index (χ4v) is 3.34. The molecule has 2 fully saturated rings. The third kappa shape index (κ3) is 2.98. The molecule has 1 aliphatic heterocycles. The largest absolute Gasteiger partial charge is 0.445 e. The van der Waals surface area contributed by atoms with Crippen molar-refractivity contribution < 1.29 is 9.53 Å². The average Bonchev–Trinajstić information content (AvgIpc) is 3.08. The third-order valence-electron chi connectivity index (χ3n) is 4.63. The first kappa shape index (κ1) is 14.8. The van der Waals surface area contributed by atoms with Gasteiger partial charge in [-0.3, -0.25) is 4.90 Å². The van der Waals surface area contributed by atoms with Crippen LogP contribution in [0.25, 0.3) is 0 Å². The highest BCUT2D eigenvalue weighted by atomic mass is 16.6. The first-order valence-electron chi connectivity index (χ1n) is 8.31. The van der Waals surface area contributed by atoms with Crippen LogP contribution in [0.3, 0.4) is 0 Å². The average molecular weight is 318 g/mol. The fourth-order valence-electron chi connectivity index (χ4n) is 3.34. The number of rotatable bonds is 1. The van der Waals surface area contributed by atoms with Crippen LogP contribution >= 0.6 is 0 Å². The van der Waals surface area contributed by atoms with Crippen molar-refractivity contribution in [3.05, 3.63) is 59.8 Å². The summed E-state index contributed by atoms with van der Waals surface area (Å²) in [7, 11) is 0. The van der Waals surface area contributed by atoms with Crippen LogP contribution in [0, 0.1) is 17.8 Å². The number of ether oxygens (including phenoxy) is 1. The van der Waals surface area contributed by atoms with Crippen molar-refractivity contribution in [3.8, 4) is 11.8 Å². The molecule has 0 radical (unpaired) electrons. The Labute approximate surface area is 141 Å². The van der Waals surface area contributed by atoms with E-state index in [1.54, 1.807) is 11.1 Å². The summed E-state index contributed by atoms with van der Waals surface area (Å²) in [5, 5.41) is 0. The molecule has 2 aromatic rings. The Balaban J connectivity index is 1.50. The quantitative estimate of drug-likeness (QED) is 0.754. The Morgan fingerprint density at radius 3 is 2.67 bits per heavy atom. The lowest BCUT2D eigenvalue weighted by Gasteiger charge is -2.33. The molecule has 2 atom stereocenters.